The van der Waals surface area contributed by atoms with Crippen LogP contribution in [0.2, 0.25) is 0 Å². The van der Waals surface area contributed by atoms with E-state index in [0.29, 0.717) is 13.3 Å². The Morgan fingerprint density at radius 2 is 1.90 bits per heavy atom. The van der Waals surface area contributed by atoms with Crippen LogP contribution in [0.1, 0.15) is 25.7 Å². The molecule has 0 saturated carbocycles. The number of hydrogen-bond acceptors (Lipinski definition) is 5. The standard InChI is InChI=1S/C16H23NO4/c1-2-16(19)20-12-6-4-3-5-11-17-13-21-15-9-7-14(18)8-10-15/h2,7-10,17-18H,1,3-6,11-13H2. The molecule has 2 N–H and O–H groups in total. The quantitative estimate of drug-likeness (QED) is 0.284. The zero-order chi connectivity index (χ0) is 15.3. The lowest BCUT2D eigenvalue weighted by Gasteiger charge is -2.08. The number of hydrogen-bond donors (Lipinski definition) is 2. The predicted molar refractivity (Wildman–Crippen MR) is 81.2 cm³/mol. The first-order valence-electron chi connectivity index (χ1n) is 7.14. The van der Waals surface area contributed by atoms with Gasteiger partial charge in [0.25, 0.3) is 0 Å². The minimum atomic E-state index is -0.358. The molecule has 1 aromatic carbocycles. The maximum Gasteiger partial charge on any atom is 0.330 e. The monoisotopic (exact) mass is 293 g/mol. The topological polar surface area (TPSA) is 67.8 Å². The van der Waals surface area contributed by atoms with Crippen molar-refractivity contribution in [3.63, 3.8) is 0 Å². The van der Waals surface area contributed by atoms with Gasteiger partial charge in [0.15, 0.2) is 0 Å². The Bertz CT molecular complexity index is 417. The molecule has 0 heterocycles. The Morgan fingerprint density at radius 1 is 1.19 bits per heavy atom. The smallest absolute Gasteiger partial charge is 0.330 e. The second kappa shape index (κ2) is 10.7. The largest absolute Gasteiger partial charge is 0.508 e. The number of aromatic hydroxyl groups is 1. The molecule has 0 spiro atoms. The van der Waals surface area contributed by atoms with E-state index in [9.17, 15) is 4.79 Å². The normalized spacial score (nSPS) is 10.1. The Kier molecular flexibility index (Phi) is 8.72. The highest BCUT2D eigenvalue weighted by atomic mass is 16.5. The summed E-state index contributed by atoms with van der Waals surface area (Å²) in [6.07, 6.45) is 5.22. The molecule has 0 fully saturated rings. The van der Waals surface area contributed by atoms with E-state index in [1.165, 1.54) is 6.08 Å². The van der Waals surface area contributed by atoms with E-state index in [-0.39, 0.29) is 11.7 Å². The molecule has 0 aromatic heterocycles. The number of benzene rings is 1. The molecule has 0 aliphatic heterocycles. The van der Waals surface area contributed by atoms with Crippen molar-refractivity contribution in [1.82, 2.24) is 5.32 Å². The van der Waals surface area contributed by atoms with Gasteiger partial charge in [-0.3, -0.25) is 5.32 Å². The minimum Gasteiger partial charge on any atom is -0.508 e. The summed E-state index contributed by atoms with van der Waals surface area (Å²) in [6, 6.07) is 6.63. The van der Waals surface area contributed by atoms with Gasteiger partial charge in [-0.15, -0.1) is 0 Å². The molecule has 0 unspecified atom stereocenters. The number of esters is 1. The van der Waals surface area contributed by atoms with E-state index >= 15 is 0 Å². The highest BCUT2D eigenvalue weighted by Gasteiger charge is 1.96. The summed E-state index contributed by atoms with van der Waals surface area (Å²) in [5, 5.41) is 12.3. The average molecular weight is 293 g/mol. The highest BCUT2D eigenvalue weighted by Crippen LogP contribution is 2.15. The molecule has 0 saturated heterocycles. The molecule has 0 aliphatic rings. The van der Waals surface area contributed by atoms with Crippen molar-refractivity contribution >= 4 is 5.97 Å². The number of rotatable bonds is 11. The first-order chi connectivity index (χ1) is 10.2. The summed E-state index contributed by atoms with van der Waals surface area (Å²) >= 11 is 0. The summed E-state index contributed by atoms with van der Waals surface area (Å²) < 4.78 is 10.3. The Balaban J connectivity index is 1.87. The predicted octanol–water partition coefficient (Wildman–Crippen LogP) is 2.61. The van der Waals surface area contributed by atoms with Gasteiger partial charge in [-0.2, -0.15) is 0 Å². The van der Waals surface area contributed by atoms with Crippen LogP contribution in [0.4, 0.5) is 0 Å². The number of phenolic OH excluding ortho intramolecular Hbond substituents is 1. The van der Waals surface area contributed by atoms with Crippen molar-refractivity contribution in [2.75, 3.05) is 19.9 Å². The molecule has 116 valence electrons. The van der Waals surface area contributed by atoms with E-state index in [1.807, 2.05) is 0 Å². The molecule has 5 nitrogen and oxygen atoms in total. The number of phenols is 1. The fourth-order valence-electron chi connectivity index (χ4n) is 1.69. The van der Waals surface area contributed by atoms with Crippen molar-refractivity contribution < 1.29 is 19.4 Å². The molecule has 0 radical (unpaired) electrons. The van der Waals surface area contributed by atoms with Gasteiger partial charge in [-0.25, -0.2) is 4.79 Å². The molecule has 0 aliphatic carbocycles. The van der Waals surface area contributed by atoms with Crippen LogP contribution < -0.4 is 10.1 Å². The maximum atomic E-state index is 10.8. The summed E-state index contributed by atoms with van der Waals surface area (Å²) in [5.41, 5.74) is 0. The Hall–Kier alpha value is -2.01. The number of nitrogens with one attached hydrogen (secondary N) is 1. The van der Waals surface area contributed by atoms with Gasteiger partial charge in [0.05, 0.1) is 6.61 Å². The number of carbonyl (C=O) groups is 1. The van der Waals surface area contributed by atoms with Gasteiger partial charge >= 0.3 is 5.97 Å². The van der Waals surface area contributed by atoms with Crippen LogP contribution >= 0.6 is 0 Å². The average Bonchev–Trinajstić information content (AvgIpc) is 2.50. The van der Waals surface area contributed by atoms with E-state index < -0.39 is 0 Å². The van der Waals surface area contributed by atoms with E-state index in [0.717, 1.165) is 38.0 Å². The third-order valence-corrected chi connectivity index (χ3v) is 2.84. The van der Waals surface area contributed by atoms with Crippen LogP contribution in [0.25, 0.3) is 0 Å². The number of ether oxygens (including phenoxy) is 2. The third-order valence-electron chi connectivity index (χ3n) is 2.84. The molecule has 1 aromatic rings. The summed E-state index contributed by atoms with van der Waals surface area (Å²) in [4.78, 5) is 10.8. The van der Waals surface area contributed by atoms with Gasteiger partial charge in [0, 0.05) is 6.08 Å². The van der Waals surface area contributed by atoms with Gasteiger partial charge in [-0.05, 0) is 43.7 Å². The van der Waals surface area contributed by atoms with Crippen LogP contribution in [-0.4, -0.2) is 31.0 Å². The van der Waals surface area contributed by atoms with Gasteiger partial charge in [-0.1, -0.05) is 19.4 Å². The van der Waals surface area contributed by atoms with Crippen LogP contribution in [-0.2, 0) is 9.53 Å². The maximum absolute atomic E-state index is 10.8. The minimum absolute atomic E-state index is 0.231. The summed E-state index contributed by atoms with van der Waals surface area (Å²) in [5.74, 6) is 0.599. The lowest BCUT2D eigenvalue weighted by molar-refractivity contribution is -0.137. The number of unbranched alkanes of at least 4 members (excludes halogenated alkanes) is 3. The van der Waals surface area contributed by atoms with Crippen LogP contribution in [0.15, 0.2) is 36.9 Å². The van der Waals surface area contributed by atoms with Gasteiger partial charge in [0.2, 0.25) is 0 Å². The molecular formula is C16H23NO4. The summed E-state index contributed by atoms with van der Waals surface area (Å²) in [6.45, 7) is 5.12. The first-order valence-corrected chi connectivity index (χ1v) is 7.14. The Labute approximate surface area is 125 Å². The van der Waals surface area contributed by atoms with Crippen LogP contribution in [0.5, 0.6) is 11.5 Å². The van der Waals surface area contributed by atoms with E-state index in [4.69, 9.17) is 14.6 Å². The lowest BCUT2D eigenvalue weighted by Crippen LogP contribution is -2.21. The summed E-state index contributed by atoms with van der Waals surface area (Å²) in [7, 11) is 0. The molecule has 0 atom stereocenters. The second-order valence-corrected chi connectivity index (χ2v) is 4.57. The van der Waals surface area contributed by atoms with Crippen LogP contribution in [0, 0.1) is 0 Å². The highest BCUT2D eigenvalue weighted by molar-refractivity contribution is 5.81. The second-order valence-electron chi connectivity index (χ2n) is 4.57. The third kappa shape index (κ3) is 8.70. The fourth-order valence-corrected chi connectivity index (χ4v) is 1.69. The molecule has 5 heteroatoms. The van der Waals surface area contributed by atoms with Crippen molar-refractivity contribution in [3.05, 3.63) is 36.9 Å². The molecular weight excluding hydrogens is 270 g/mol. The molecule has 0 amide bonds. The molecule has 21 heavy (non-hydrogen) atoms. The Morgan fingerprint density at radius 3 is 2.62 bits per heavy atom. The first kappa shape index (κ1) is 17.0. The van der Waals surface area contributed by atoms with Crippen molar-refractivity contribution in [3.8, 4) is 11.5 Å². The van der Waals surface area contributed by atoms with Crippen LogP contribution in [0.3, 0.4) is 0 Å². The van der Waals surface area contributed by atoms with E-state index in [2.05, 4.69) is 11.9 Å². The fraction of sp³-hybridized carbons (Fsp3) is 0.438. The number of carbonyl (C=O) groups excluding carboxylic acids is 1. The lowest BCUT2D eigenvalue weighted by atomic mass is 10.2. The van der Waals surface area contributed by atoms with Crippen molar-refractivity contribution in [2.45, 2.75) is 25.7 Å². The van der Waals surface area contributed by atoms with Crippen molar-refractivity contribution in [1.29, 1.82) is 0 Å². The SMILES string of the molecule is C=CC(=O)OCCCCCCNCOc1ccc(O)cc1. The van der Waals surface area contributed by atoms with Crippen molar-refractivity contribution in [2.24, 2.45) is 0 Å². The van der Waals surface area contributed by atoms with E-state index in [1.54, 1.807) is 24.3 Å². The van der Waals surface area contributed by atoms with Gasteiger partial charge < -0.3 is 14.6 Å². The zero-order valence-electron chi connectivity index (χ0n) is 12.2. The van der Waals surface area contributed by atoms with Gasteiger partial charge in [0.1, 0.15) is 18.2 Å². The zero-order valence-corrected chi connectivity index (χ0v) is 12.2. The molecule has 1 rings (SSSR count). The molecule has 0 bridgehead atoms.